The molecule has 0 spiro atoms. The molecule has 0 radical (unpaired) electrons. The van der Waals surface area contributed by atoms with Crippen molar-refractivity contribution in [2.45, 2.75) is 19.9 Å². The zero-order valence-electron chi connectivity index (χ0n) is 12.6. The molecule has 1 N–H and O–H groups in total. The number of nitrogens with one attached hydrogen (secondary N) is 1. The summed E-state index contributed by atoms with van der Waals surface area (Å²) in [7, 11) is 1.76. The fraction of sp³-hybridized carbons (Fsp3) is 0.533. The number of hydrogen-bond donors (Lipinski definition) is 1. The van der Waals surface area contributed by atoms with E-state index in [9.17, 15) is 14.9 Å². The van der Waals surface area contributed by atoms with Crippen molar-refractivity contribution in [1.29, 1.82) is 0 Å². The van der Waals surface area contributed by atoms with Gasteiger partial charge in [-0.3, -0.25) is 14.9 Å². The zero-order chi connectivity index (χ0) is 15.6. The Balaban J connectivity index is 2.15. The molecule has 1 fully saturated rings. The van der Waals surface area contributed by atoms with E-state index in [1.54, 1.807) is 18.0 Å². The summed E-state index contributed by atoms with van der Waals surface area (Å²) < 4.78 is 0. The molecule has 0 saturated carbocycles. The van der Waals surface area contributed by atoms with Crippen molar-refractivity contribution in [1.82, 2.24) is 10.2 Å². The van der Waals surface area contributed by atoms with Crippen LogP contribution in [0.25, 0.3) is 0 Å². The Bertz CT molecular complexity index is 547. The van der Waals surface area contributed by atoms with E-state index in [0.717, 1.165) is 12.1 Å². The van der Waals surface area contributed by atoms with Crippen molar-refractivity contribution >= 4 is 11.6 Å². The molecule has 3 unspecified atom stereocenters. The Morgan fingerprint density at radius 2 is 2.19 bits per heavy atom. The number of rotatable bonds is 4. The predicted octanol–water partition coefficient (Wildman–Crippen LogP) is 1.97. The van der Waals surface area contributed by atoms with Crippen LogP contribution in [0, 0.1) is 22.0 Å². The molecule has 1 aromatic rings. The van der Waals surface area contributed by atoms with Crippen molar-refractivity contribution in [2.75, 3.05) is 20.1 Å². The molecule has 1 aliphatic rings. The Kier molecular flexibility index (Phi) is 4.57. The molecule has 1 heterocycles. The van der Waals surface area contributed by atoms with Crippen molar-refractivity contribution in [3.05, 3.63) is 39.9 Å². The van der Waals surface area contributed by atoms with E-state index in [4.69, 9.17) is 0 Å². The van der Waals surface area contributed by atoms with E-state index in [-0.39, 0.29) is 23.6 Å². The largest absolute Gasteiger partial charge is 0.339 e. The molecular weight excluding hydrogens is 270 g/mol. The molecular formula is C15H21N3O3. The summed E-state index contributed by atoms with van der Waals surface area (Å²) >= 11 is 0. The number of carbonyl (C=O) groups excluding carboxylic acids is 1. The van der Waals surface area contributed by atoms with Crippen LogP contribution in [0.15, 0.2) is 24.3 Å². The van der Waals surface area contributed by atoms with Crippen LogP contribution in [-0.4, -0.2) is 35.9 Å². The van der Waals surface area contributed by atoms with Crippen LogP contribution in [0.4, 0.5) is 5.69 Å². The number of nitro groups is 1. The number of hydrogen-bond acceptors (Lipinski definition) is 4. The van der Waals surface area contributed by atoms with E-state index < -0.39 is 4.92 Å². The Morgan fingerprint density at radius 1 is 1.48 bits per heavy atom. The molecule has 0 bridgehead atoms. The maximum Gasteiger partial charge on any atom is 0.269 e. The van der Waals surface area contributed by atoms with Gasteiger partial charge in [-0.25, -0.2) is 0 Å². The van der Waals surface area contributed by atoms with Crippen LogP contribution in [-0.2, 0) is 4.79 Å². The second-order valence-corrected chi connectivity index (χ2v) is 5.72. The average molecular weight is 291 g/mol. The van der Waals surface area contributed by atoms with Gasteiger partial charge in [-0.1, -0.05) is 19.1 Å². The molecule has 0 aromatic heterocycles. The fourth-order valence-electron chi connectivity index (χ4n) is 2.71. The minimum atomic E-state index is -0.416. The molecule has 6 nitrogen and oxygen atoms in total. The molecule has 1 amide bonds. The third kappa shape index (κ3) is 3.21. The van der Waals surface area contributed by atoms with Gasteiger partial charge in [0.25, 0.3) is 5.69 Å². The van der Waals surface area contributed by atoms with Gasteiger partial charge in [0.05, 0.1) is 16.9 Å². The van der Waals surface area contributed by atoms with Gasteiger partial charge >= 0.3 is 0 Å². The third-order valence-corrected chi connectivity index (χ3v) is 4.33. The summed E-state index contributed by atoms with van der Waals surface area (Å²) in [5.74, 6) is 0.389. The average Bonchev–Trinajstić information content (AvgIpc) is 2.91. The molecule has 114 valence electrons. The van der Waals surface area contributed by atoms with E-state index in [0.29, 0.717) is 12.5 Å². The first-order valence-electron chi connectivity index (χ1n) is 7.13. The van der Waals surface area contributed by atoms with Gasteiger partial charge in [-0.05, 0) is 24.9 Å². The predicted molar refractivity (Wildman–Crippen MR) is 79.8 cm³/mol. The van der Waals surface area contributed by atoms with Crippen LogP contribution < -0.4 is 5.32 Å². The summed E-state index contributed by atoms with van der Waals surface area (Å²) in [6.07, 6.45) is 0. The van der Waals surface area contributed by atoms with Gasteiger partial charge in [0.2, 0.25) is 5.91 Å². The van der Waals surface area contributed by atoms with Crippen LogP contribution in [0.5, 0.6) is 0 Å². The highest BCUT2D eigenvalue weighted by atomic mass is 16.6. The summed E-state index contributed by atoms with van der Waals surface area (Å²) in [4.78, 5) is 24.7. The van der Waals surface area contributed by atoms with Gasteiger partial charge in [-0.2, -0.15) is 0 Å². The van der Waals surface area contributed by atoms with E-state index in [1.807, 2.05) is 13.0 Å². The summed E-state index contributed by atoms with van der Waals surface area (Å²) in [6.45, 7) is 5.51. The quantitative estimate of drug-likeness (QED) is 0.679. The molecule has 1 aliphatic heterocycles. The number of nitro benzene ring substituents is 1. The van der Waals surface area contributed by atoms with Crippen LogP contribution in [0.2, 0.25) is 0 Å². The monoisotopic (exact) mass is 291 g/mol. The molecule has 2 rings (SSSR count). The summed E-state index contributed by atoms with van der Waals surface area (Å²) in [5.41, 5.74) is 0.828. The minimum absolute atomic E-state index is 0.0175. The van der Waals surface area contributed by atoms with Crippen molar-refractivity contribution < 1.29 is 9.72 Å². The number of nitrogens with zero attached hydrogens (tertiary/aromatic N) is 2. The highest BCUT2D eigenvalue weighted by Crippen LogP contribution is 2.26. The summed E-state index contributed by atoms with van der Waals surface area (Å²) in [6, 6.07) is 6.27. The van der Waals surface area contributed by atoms with E-state index in [1.165, 1.54) is 12.1 Å². The van der Waals surface area contributed by atoms with Gasteiger partial charge in [0.1, 0.15) is 0 Å². The van der Waals surface area contributed by atoms with Gasteiger partial charge < -0.3 is 10.2 Å². The SMILES string of the molecule is CC1CNCC1C(=O)N(C)C(C)c1cccc([N+](=O)[O-])c1. The number of amides is 1. The number of carbonyl (C=O) groups is 1. The smallest absolute Gasteiger partial charge is 0.269 e. The summed E-state index contributed by atoms with van der Waals surface area (Å²) in [5, 5.41) is 14.1. The van der Waals surface area contributed by atoms with Crippen LogP contribution in [0.1, 0.15) is 25.5 Å². The molecule has 3 atom stereocenters. The lowest BCUT2D eigenvalue weighted by Crippen LogP contribution is -2.37. The Hall–Kier alpha value is -1.95. The van der Waals surface area contributed by atoms with E-state index in [2.05, 4.69) is 12.2 Å². The fourth-order valence-corrected chi connectivity index (χ4v) is 2.71. The van der Waals surface area contributed by atoms with Gasteiger partial charge in [0.15, 0.2) is 0 Å². The maximum atomic E-state index is 12.5. The maximum absolute atomic E-state index is 12.5. The highest BCUT2D eigenvalue weighted by Gasteiger charge is 2.33. The first kappa shape index (κ1) is 15.4. The minimum Gasteiger partial charge on any atom is -0.339 e. The Morgan fingerprint density at radius 3 is 2.76 bits per heavy atom. The topological polar surface area (TPSA) is 75.5 Å². The van der Waals surface area contributed by atoms with E-state index >= 15 is 0 Å². The molecule has 1 saturated heterocycles. The molecule has 6 heteroatoms. The molecule has 1 aromatic carbocycles. The van der Waals surface area contributed by atoms with Crippen molar-refractivity contribution in [3.63, 3.8) is 0 Å². The first-order chi connectivity index (χ1) is 9.91. The number of non-ortho nitro benzene ring substituents is 1. The lowest BCUT2D eigenvalue weighted by Gasteiger charge is -2.29. The standard InChI is InChI=1S/C15H21N3O3/c1-10-8-16-9-14(10)15(19)17(3)11(2)12-5-4-6-13(7-12)18(20)21/h4-7,10-11,14,16H,8-9H2,1-3H3. The second kappa shape index (κ2) is 6.22. The lowest BCUT2D eigenvalue weighted by molar-refractivity contribution is -0.384. The zero-order valence-corrected chi connectivity index (χ0v) is 12.6. The van der Waals surface area contributed by atoms with Crippen molar-refractivity contribution in [2.24, 2.45) is 11.8 Å². The Labute approximate surface area is 124 Å². The van der Waals surface area contributed by atoms with Gasteiger partial charge in [0, 0.05) is 25.7 Å². The first-order valence-corrected chi connectivity index (χ1v) is 7.13. The molecule has 0 aliphatic carbocycles. The van der Waals surface area contributed by atoms with Gasteiger partial charge in [-0.15, -0.1) is 0 Å². The molecule has 21 heavy (non-hydrogen) atoms. The van der Waals surface area contributed by atoms with Crippen LogP contribution >= 0.6 is 0 Å². The third-order valence-electron chi connectivity index (χ3n) is 4.33. The number of benzene rings is 1. The second-order valence-electron chi connectivity index (χ2n) is 5.72. The van der Waals surface area contributed by atoms with Crippen LogP contribution in [0.3, 0.4) is 0 Å². The van der Waals surface area contributed by atoms with Crippen molar-refractivity contribution in [3.8, 4) is 0 Å². The normalized spacial score (nSPS) is 22.8. The highest BCUT2D eigenvalue weighted by molar-refractivity contribution is 5.80. The lowest BCUT2D eigenvalue weighted by atomic mass is 9.95.